The number of carboxylic acids is 1. The van der Waals surface area contributed by atoms with E-state index in [0.717, 1.165) is 5.56 Å². The average molecular weight is 290 g/mol. The summed E-state index contributed by atoms with van der Waals surface area (Å²) in [6, 6.07) is 4.58. The van der Waals surface area contributed by atoms with Crippen molar-refractivity contribution in [1.29, 1.82) is 0 Å². The number of nitrogens with one attached hydrogen (secondary N) is 1. The lowest BCUT2D eigenvalue weighted by atomic mass is 10.0. The van der Waals surface area contributed by atoms with Crippen LogP contribution in [0.15, 0.2) is 18.2 Å². The van der Waals surface area contributed by atoms with Crippen molar-refractivity contribution in [3.63, 3.8) is 0 Å². The van der Waals surface area contributed by atoms with Crippen LogP contribution in [-0.2, 0) is 11.3 Å². The van der Waals surface area contributed by atoms with E-state index in [-0.39, 0.29) is 0 Å². The Balaban J connectivity index is 2.66. The Morgan fingerprint density at radius 3 is 2.61 bits per heavy atom. The average Bonchev–Trinajstić information content (AvgIpc) is 2.27. The third-order valence-corrected chi connectivity index (χ3v) is 3.16. The van der Waals surface area contributed by atoms with Crippen LogP contribution >= 0.6 is 23.2 Å². The minimum absolute atomic E-state index is 0.313. The maximum atomic E-state index is 11.1. The summed E-state index contributed by atoms with van der Waals surface area (Å²) in [6.45, 7) is 4.37. The molecule has 0 amide bonds. The Labute approximate surface area is 117 Å². The van der Waals surface area contributed by atoms with Crippen LogP contribution in [0.1, 0.15) is 25.8 Å². The first kappa shape index (κ1) is 15.3. The lowest BCUT2D eigenvalue weighted by molar-refractivity contribution is -0.140. The number of benzene rings is 1. The zero-order valence-electron chi connectivity index (χ0n) is 10.4. The summed E-state index contributed by atoms with van der Waals surface area (Å²) < 4.78 is 0. The molecule has 100 valence electrons. The molecule has 0 heterocycles. The van der Waals surface area contributed by atoms with Crippen LogP contribution in [0.5, 0.6) is 0 Å². The lowest BCUT2D eigenvalue weighted by Crippen LogP contribution is -2.37. The first-order chi connectivity index (χ1) is 8.40. The maximum Gasteiger partial charge on any atom is 0.320 e. The highest BCUT2D eigenvalue weighted by atomic mass is 35.5. The molecule has 0 aliphatic heterocycles. The van der Waals surface area contributed by atoms with Gasteiger partial charge >= 0.3 is 5.97 Å². The molecule has 0 unspecified atom stereocenters. The highest BCUT2D eigenvalue weighted by Gasteiger charge is 2.18. The van der Waals surface area contributed by atoms with E-state index in [1.807, 2.05) is 13.8 Å². The monoisotopic (exact) mass is 289 g/mol. The van der Waals surface area contributed by atoms with Gasteiger partial charge in [0.15, 0.2) is 0 Å². The van der Waals surface area contributed by atoms with Crippen LogP contribution < -0.4 is 5.32 Å². The molecule has 1 rings (SSSR count). The molecule has 0 aliphatic carbocycles. The normalized spacial score (nSPS) is 12.7. The van der Waals surface area contributed by atoms with E-state index < -0.39 is 12.0 Å². The van der Waals surface area contributed by atoms with Gasteiger partial charge in [-0.15, -0.1) is 0 Å². The fourth-order valence-corrected chi connectivity index (χ4v) is 2.03. The van der Waals surface area contributed by atoms with Gasteiger partial charge in [0.05, 0.1) is 0 Å². The van der Waals surface area contributed by atoms with Gasteiger partial charge in [0, 0.05) is 16.6 Å². The summed E-state index contributed by atoms with van der Waals surface area (Å²) in [7, 11) is 0. The predicted octanol–water partition coefficient (Wildman–Crippen LogP) is 3.58. The molecule has 3 nitrogen and oxygen atoms in total. The van der Waals surface area contributed by atoms with Crippen molar-refractivity contribution in [2.45, 2.75) is 32.9 Å². The smallest absolute Gasteiger partial charge is 0.320 e. The highest BCUT2D eigenvalue weighted by molar-refractivity contribution is 6.33. The molecule has 0 saturated heterocycles. The van der Waals surface area contributed by atoms with E-state index >= 15 is 0 Å². The second-order valence-electron chi connectivity index (χ2n) is 4.64. The fraction of sp³-hybridized carbons (Fsp3) is 0.462. The zero-order valence-corrected chi connectivity index (χ0v) is 11.9. The van der Waals surface area contributed by atoms with Crippen molar-refractivity contribution in [3.8, 4) is 0 Å². The van der Waals surface area contributed by atoms with E-state index in [0.29, 0.717) is 28.9 Å². The molecule has 0 saturated carbocycles. The molecule has 0 bridgehead atoms. The van der Waals surface area contributed by atoms with Gasteiger partial charge in [-0.2, -0.15) is 0 Å². The molecule has 1 aromatic rings. The van der Waals surface area contributed by atoms with Crippen LogP contribution in [0, 0.1) is 5.92 Å². The maximum absolute atomic E-state index is 11.1. The number of hydrogen-bond acceptors (Lipinski definition) is 2. The van der Waals surface area contributed by atoms with E-state index in [2.05, 4.69) is 5.32 Å². The van der Waals surface area contributed by atoms with Gasteiger partial charge in [-0.05, 0) is 36.1 Å². The molecule has 0 aliphatic rings. The van der Waals surface area contributed by atoms with Crippen LogP contribution in [0.25, 0.3) is 0 Å². The number of aliphatic carboxylic acids is 1. The molecule has 0 radical (unpaired) electrons. The van der Waals surface area contributed by atoms with Gasteiger partial charge in [-0.3, -0.25) is 4.79 Å². The minimum Gasteiger partial charge on any atom is -0.480 e. The summed E-state index contributed by atoms with van der Waals surface area (Å²) in [4.78, 5) is 11.1. The van der Waals surface area contributed by atoms with Gasteiger partial charge in [0.1, 0.15) is 6.04 Å². The van der Waals surface area contributed by atoms with Crippen molar-refractivity contribution in [3.05, 3.63) is 33.8 Å². The molecule has 1 atom stereocenters. The van der Waals surface area contributed by atoms with E-state index in [1.165, 1.54) is 0 Å². The molecule has 0 aromatic heterocycles. The van der Waals surface area contributed by atoms with Gasteiger partial charge in [0.25, 0.3) is 0 Å². The first-order valence-corrected chi connectivity index (χ1v) is 6.56. The van der Waals surface area contributed by atoms with Crippen LogP contribution in [-0.4, -0.2) is 17.1 Å². The van der Waals surface area contributed by atoms with Crippen molar-refractivity contribution >= 4 is 29.2 Å². The largest absolute Gasteiger partial charge is 0.480 e. The number of carbonyl (C=O) groups is 1. The van der Waals surface area contributed by atoms with Crippen molar-refractivity contribution in [1.82, 2.24) is 5.32 Å². The summed E-state index contributed by atoms with van der Waals surface area (Å²) in [5.74, 6) is -0.532. The molecular weight excluding hydrogens is 273 g/mol. The quantitative estimate of drug-likeness (QED) is 0.842. The zero-order chi connectivity index (χ0) is 13.7. The third-order valence-electron chi connectivity index (χ3n) is 2.55. The number of halogens is 2. The number of rotatable bonds is 6. The molecule has 5 heteroatoms. The molecule has 2 N–H and O–H groups in total. The van der Waals surface area contributed by atoms with Crippen molar-refractivity contribution in [2.24, 2.45) is 5.92 Å². The van der Waals surface area contributed by atoms with Gasteiger partial charge in [-0.1, -0.05) is 37.0 Å². The van der Waals surface area contributed by atoms with Gasteiger partial charge < -0.3 is 10.4 Å². The van der Waals surface area contributed by atoms with Crippen LogP contribution in [0.4, 0.5) is 0 Å². The predicted molar refractivity (Wildman–Crippen MR) is 74.2 cm³/mol. The van der Waals surface area contributed by atoms with Gasteiger partial charge in [-0.25, -0.2) is 0 Å². The Hall–Kier alpha value is -0.770. The second-order valence-corrected chi connectivity index (χ2v) is 5.48. The molecule has 0 spiro atoms. The van der Waals surface area contributed by atoms with Crippen molar-refractivity contribution in [2.75, 3.05) is 0 Å². The summed E-state index contributed by atoms with van der Waals surface area (Å²) >= 11 is 11.9. The third kappa shape index (κ3) is 4.84. The molecule has 18 heavy (non-hydrogen) atoms. The van der Waals surface area contributed by atoms with Crippen LogP contribution in [0.2, 0.25) is 10.0 Å². The Morgan fingerprint density at radius 2 is 2.06 bits per heavy atom. The molecular formula is C13H17Cl2NO2. The Bertz CT molecular complexity index is 421. The Morgan fingerprint density at radius 1 is 1.39 bits per heavy atom. The molecule has 0 fully saturated rings. The first-order valence-electron chi connectivity index (χ1n) is 5.80. The second kappa shape index (κ2) is 6.98. The number of hydrogen-bond donors (Lipinski definition) is 2. The van der Waals surface area contributed by atoms with Crippen LogP contribution in [0.3, 0.4) is 0 Å². The topological polar surface area (TPSA) is 49.3 Å². The fourth-order valence-electron chi connectivity index (χ4n) is 1.65. The summed E-state index contributed by atoms with van der Waals surface area (Å²) in [5, 5.41) is 13.3. The number of carboxylic acid groups (broad SMARTS) is 1. The summed E-state index contributed by atoms with van der Waals surface area (Å²) in [6.07, 6.45) is 0.577. The SMILES string of the molecule is CC(C)C[C@@H](NCc1cc(Cl)ccc1Cl)C(=O)O. The summed E-state index contributed by atoms with van der Waals surface area (Å²) in [5.41, 5.74) is 0.805. The van der Waals surface area contributed by atoms with Crippen molar-refractivity contribution < 1.29 is 9.90 Å². The highest BCUT2D eigenvalue weighted by Crippen LogP contribution is 2.20. The van der Waals surface area contributed by atoms with E-state index in [1.54, 1.807) is 18.2 Å². The van der Waals surface area contributed by atoms with E-state index in [9.17, 15) is 4.79 Å². The lowest BCUT2D eigenvalue weighted by Gasteiger charge is -2.17. The van der Waals surface area contributed by atoms with Gasteiger partial charge in [0.2, 0.25) is 0 Å². The standard InChI is InChI=1S/C13H17Cl2NO2/c1-8(2)5-12(13(17)18)16-7-9-6-10(14)3-4-11(9)15/h3-4,6,8,12,16H,5,7H2,1-2H3,(H,17,18)/t12-/m1/s1. The minimum atomic E-state index is -0.846. The Kier molecular flexibility index (Phi) is 5.93. The molecule has 1 aromatic carbocycles. The van der Waals surface area contributed by atoms with E-state index in [4.69, 9.17) is 28.3 Å².